The fourth-order valence-corrected chi connectivity index (χ4v) is 3.09. The monoisotopic (exact) mass is 361 g/mol. The molecule has 0 bridgehead atoms. The Labute approximate surface area is 156 Å². The molecule has 4 rings (SSSR count). The summed E-state index contributed by atoms with van der Waals surface area (Å²) in [5, 5.41) is 12.0. The summed E-state index contributed by atoms with van der Waals surface area (Å²) in [6.07, 6.45) is 3.85. The summed E-state index contributed by atoms with van der Waals surface area (Å²) in [4.78, 5) is 26.3. The number of nitrogens with one attached hydrogen (secondary N) is 3. The summed E-state index contributed by atoms with van der Waals surface area (Å²) in [7, 11) is 0. The molecule has 27 heavy (non-hydrogen) atoms. The molecule has 3 aromatic rings. The van der Waals surface area contributed by atoms with Gasteiger partial charge in [-0.1, -0.05) is 24.3 Å². The van der Waals surface area contributed by atoms with Crippen LogP contribution in [0.25, 0.3) is 0 Å². The van der Waals surface area contributed by atoms with Crippen molar-refractivity contribution in [3.63, 3.8) is 0 Å². The summed E-state index contributed by atoms with van der Waals surface area (Å²) in [5.74, 6) is -0.243. The number of carbonyl (C=O) groups excluding carboxylic acids is 2. The number of amides is 3. The third kappa shape index (κ3) is 3.82. The highest BCUT2D eigenvalue weighted by molar-refractivity contribution is 6.04. The van der Waals surface area contributed by atoms with Gasteiger partial charge >= 0.3 is 6.03 Å². The van der Waals surface area contributed by atoms with Crippen LogP contribution in [0, 0.1) is 0 Å². The quantitative estimate of drug-likeness (QED) is 0.669. The molecule has 3 amide bonds. The number of hydrogen-bond donors (Lipinski definition) is 3. The van der Waals surface area contributed by atoms with Gasteiger partial charge in [0.1, 0.15) is 0 Å². The molecule has 3 N–H and O–H groups in total. The number of aromatic nitrogens is 2. The zero-order valence-corrected chi connectivity index (χ0v) is 14.6. The predicted octanol–water partition coefficient (Wildman–Crippen LogP) is 3.25. The molecule has 1 aromatic heterocycles. The Morgan fingerprint density at radius 3 is 2.37 bits per heavy atom. The van der Waals surface area contributed by atoms with Gasteiger partial charge in [-0.3, -0.25) is 9.89 Å². The Hall–Kier alpha value is -3.61. The number of fused-ring (bicyclic) bond motifs is 1. The minimum atomic E-state index is -0.243. The average Bonchev–Trinajstić information content (AvgIpc) is 3.24. The van der Waals surface area contributed by atoms with Gasteiger partial charge in [0.15, 0.2) is 0 Å². The first-order valence-corrected chi connectivity index (χ1v) is 8.72. The van der Waals surface area contributed by atoms with Gasteiger partial charge in [-0.15, -0.1) is 0 Å². The molecule has 0 unspecified atom stereocenters. The second-order valence-electron chi connectivity index (χ2n) is 6.39. The Morgan fingerprint density at radius 2 is 1.67 bits per heavy atom. The lowest BCUT2D eigenvalue weighted by Gasteiger charge is -2.29. The molecule has 7 heteroatoms. The largest absolute Gasteiger partial charge is 0.322 e. The molecular weight excluding hydrogens is 342 g/mol. The van der Waals surface area contributed by atoms with Gasteiger partial charge in [0, 0.05) is 30.7 Å². The number of rotatable bonds is 3. The maximum absolute atomic E-state index is 12.5. The van der Waals surface area contributed by atoms with Gasteiger partial charge in [-0.25, -0.2) is 4.79 Å². The van der Waals surface area contributed by atoms with E-state index in [1.165, 1.54) is 23.5 Å². The highest BCUT2D eigenvalue weighted by Crippen LogP contribution is 2.20. The van der Waals surface area contributed by atoms with Crippen molar-refractivity contribution in [1.82, 2.24) is 15.1 Å². The van der Waals surface area contributed by atoms with E-state index in [0.717, 1.165) is 6.42 Å². The van der Waals surface area contributed by atoms with Crippen LogP contribution in [0.4, 0.5) is 16.2 Å². The maximum atomic E-state index is 12.5. The van der Waals surface area contributed by atoms with Gasteiger partial charge in [-0.05, 0) is 41.8 Å². The van der Waals surface area contributed by atoms with Crippen molar-refractivity contribution in [2.24, 2.45) is 0 Å². The summed E-state index contributed by atoms with van der Waals surface area (Å²) < 4.78 is 0. The second-order valence-corrected chi connectivity index (χ2v) is 6.39. The molecule has 0 saturated heterocycles. The molecule has 0 atom stereocenters. The fraction of sp³-hybridized carbons (Fsp3) is 0.150. The van der Waals surface area contributed by atoms with Crippen molar-refractivity contribution in [3.05, 3.63) is 77.6 Å². The van der Waals surface area contributed by atoms with Crippen LogP contribution in [0.2, 0.25) is 0 Å². The van der Waals surface area contributed by atoms with E-state index in [1.807, 2.05) is 12.1 Å². The Kier molecular flexibility index (Phi) is 4.57. The number of benzene rings is 2. The minimum absolute atomic E-state index is 0.125. The number of aromatic amines is 1. The van der Waals surface area contributed by atoms with E-state index in [9.17, 15) is 9.59 Å². The van der Waals surface area contributed by atoms with E-state index in [4.69, 9.17) is 0 Å². The fourth-order valence-electron chi connectivity index (χ4n) is 3.09. The first kappa shape index (κ1) is 16.8. The predicted molar refractivity (Wildman–Crippen MR) is 103 cm³/mol. The number of nitrogens with zero attached hydrogens (tertiary/aromatic N) is 2. The second kappa shape index (κ2) is 7.33. The summed E-state index contributed by atoms with van der Waals surface area (Å²) in [6.45, 7) is 1.31. The molecular formula is C20H19N5O2. The third-order valence-corrected chi connectivity index (χ3v) is 4.57. The van der Waals surface area contributed by atoms with Crippen molar-refractivity contribution in [1.29, 1.82) is 0 Å². The van der Waals surface area contributed by atoms with Gasteiger partial charge in [0.05, 0.1) is 11.8 Å². The minimum Gasteiger partial charge on any atom is -0.322 e. The zero-order valence-electron chi connectivity index (χ0n) is 14.6. The van der Waals surface area contributed by atoms with Gasteiger partial charge in [-0.2, -0.15) is 5.10 Å². The van der Waals surface area contributed by atoms with Crippen LogP contribution in [-0.4, -0.2) is 33.6 Å². The Balaban J connectivity index is 1.36. The normalized spacial score (nSPS) is 13.0. The van der Waals surface area contributed by atoms with Crippen LogP contribution >= 0.6 is 0 Å². The molecule has 1 aliphatic rings. The lowest BCUT2D eigenvalue weighted by molar-refractivity contribution is 0.102. The number of carbonyl (C=O) groups is 2. The number of urea groups is 1. The summed E-state index contributed by atoms with van der Waals surface area (Å²) >= 11 is 0. The van der Waals surface area contributed by atoms with Crippen LogP contribution < -0.4 is 10.6 Å². The average molecular weight is 361 g/mol. The van der Waals surface area contributed by atoms with E-state index in [1.54, 1.807) is 29.2 Å². The molecule has 0 fully saturated rings. The van der Waals surface area contributed by atoms with Gasteiger partial charge < -0.3 is 15.5 Å². The third-order valence-electron chi connectivity index (χ3n) is 4.57. The van der Waals surface area contributed by atoms with E-state index >= 15 is 0 Å². The van der Waals surface area contributed by atoms with Crippen molar-refractivity contribution in [3.8, 4) is 0 Å². The van der Waals surface area contributed by atoms with Crippen LogP contribution in [0.5, 0.6) is 0 Å². The van der Waals surface area contributed by atoms with Crippen LogP contribution in [0.15, 0.2) is 60.9 Å². The van der Waals surface area contributed by atoms with Crippen LogP contribution in [0.3, 0.4) is 0 Å². The van der Waals surface area contributed by atoms with Crippen molar-refractivity contribution < 1.29 is 9.59 Å². The standard InChI is InChI=1S/C20H19N5O2/c26-19(16-11-21-22-12-16)23-17-5-7-18(8-6-17)24-20(27)25-10-9-14-3-1-2-4-15(14)13-25/h1-8,11-12H,9-10,13H2,(H,21,22)(H,23,26)(H,24,27). The molecule has 0 aliphatic carbocycles. The van der Waals surface area contributed by atoms with E-state index in [2.05, 4.69) is 33.0 Å². The van der Waals surface area contributed by atoms with E-state index < -0.39 is 0 Å². The van der Waals surface area contributed by atoms with Crippen molar-refractivity contribution >= 4 is 23.3 Å². The first-order valence-electron chi connectivity index (χ1n) is 8.72. The molecule has 0 saturated carbocycles. The highest BCUT2D eigenvalue weighted by Gasteiger charge is 2.20. The van der Waals surface area contributed by atoms with Crippen molar-refractivity contribution in [2.45, 2.75) is 13.0 Å². The first-order chi connectivity index (χ1) is 13.2. The molecule has 136 valence electrons. The smallest absolute Gasteiger partial charge is 0.322 e. The van der Waals surface area contributed by atoms with E-state index in [0.29, 0.717) is 30.0 Å². The number of anilines is 2. The lowest BCUT2D eigenvalue weighted by Crippen LogP contribution is -2.38. The Morgan fingerprint density at radius 1 is 0.963 bits per heavy atom. The SMILES string of the molecule is O=C(Nc1ccc(NC(=O)N2CCc3ccccc3C2)cc1)c1cn[nH]c1. The number of H-pyrrole nitrogens is 1. The van der Waals surface area contributed by atoms with Crippen LogP contribution in [-0.2, 0) is 13.0 Å². The van der Waals surface area contributed by atoms with Gasteiger partial charge in [0.2, 0.25) is 0 Å². The molecule has 0 radical (unpaired) electrons. The molecule has 2 heterocycles. The molecule has 2 aromatic carbocycles. The zero-order chi connectivity index (χ0) is 18.6. The van der Waals surface area contributed by atoms with Gasteiger partial charge in [0.25, 0.3) is 5.91 Å². The van der Waals surface area contributed by atoms with Crippen LogP contribution in [0.1, 0.15) is 21.5 Å². The summed E-state index contributed by atoms with van der Waals surface area (Å²) in [5.41, 5.74) is 4.28. The topological polar surface area (TPSA) is 90.1 Å². The lowest BCUT2D eigenvalue weighted by atomic mass is 10.0. The molecule has 1 aliphatic heterocycles. The van der Waals surface area contributed by atoms with Crippen molar-refractivity contribution in [2.75, 3.05) is 17.2 Å². The Bertz CT molecular complexity index is 951. The number of hydrogen-bond acceptors (Lipinski definition) is 3. The summed E-state index contributed by atoms with van der Waals surface area (Å²) in [6, 6.07) is 15.1. The highest BCUT2D eigenvalue weighted by atomic mass is 16.2. The maximum Gasteiger partial charge on any atom is 0.322 e. The molecule has 0 spiro atoms. The molecule has 7 nitrogen and oxygen atoms in total. The van der Waals surface area contributed by atoms with E-state index in [-0.39, 0.29) is 11.9 Å².